The van der Waals surface area contributed by atoms with E-state index < -0.39 is 0 Å². The molecule has 1 aliphatic rings. The molecule has 0 aliphatic carbocycles. The van der Waals surface area contributed by atoms with Crippen LogP contribution in [0.25, 0.3) is 0 Å². The van der Waals surface area contributed by atoms with Crippen LogP contribution in [0.5, 0.6) is 0 Å². The molecule has 2 unspecified atom stereocenters. The van der Waals surface area contributed by atoms with Gasteiger partial charge in [-0.25, -0.2) is 0 Å². The molecule has 1 heterocycles. The molecule has 0 radical (unpaired) electrons. The molecule has 2 atom stereocenters. The van der Waals surface area contributed by atoms with Crippen LogP contribution in [-0.2, 0) is 0 Å². The molecule has 0 aromatic heterocycles. The van der Waals surface area contributed by atoms with E-state index in [1.54, 1.807) is 17.8 Å². The lowest BCUT2D eigenvalue weighted by Crippen LogP contribution is -2.25. The van der Waals surface area contributed by atoms with Gasteiger partial charge in [0.1, 0.15) is 0 Å². The van der Waals surface area contributed by atoms with E-state index >= 15 is 0 Å². The molecule has 3 nitrogen and oxygen atoms in total. The van der Waals surface area contributed by atoms with Gasteiger partial charge in [-0.05, 0) is 31.0 Å². The molecule has 0 fully saturated rings. The number of benzene rings is 1. The van der Waals surface area contributed by atoms with Crippen molar-refractivity contribution in [3.63, 3.8) is 0 Å². The van der Waals surface area contributed by atoms with Crippen LogP contribution in [0.4, 0.5) is 5.69 Å². The first-order chi connectivity index (χ1) is 8.19. The van der Waals surface area contributed by atoms with E-state index in [1.165, 1.54) is 0 Å². The Kier molecular flexibility index (Phi) is 3.70. The zero-order chi connectivity index (χ0) is 12.3. The van der Waals surface area contributed by atoms with Gasteiger partial charge in [0.2, 0.25) is 0 Å². The van der Waals surface area contributed by atoms with Gasteiger partial charge >= 0.3 is 0 Å². The number of amidine groups is 1. The standard InChI is InChI=1S/C13H15N3S/c1-9-8-17-13(15-10(9)2)16-12-5-3-4-11(6-12)7-14/h3-6,9-10H,8H2,1-2H3,(H,15,16). The average molecular weight is 245 g/mol. The van der Waals surface area contributed by atoms with E-state index in [0.29, 0.717) is 17.5 Å². The van der Waals surface area contributed by atoms with Crippen LogP contribution in [0, 0.1) is 17.2 Å². The van der Waals surface area contributed by atoms with Crippen molar-refractivity contribution in [2.24, 2.45) is 10.9 Å². The molecule has 2 rings (SSSR count). The molecule has 88 valence electrons. The predicted molar refractivity (Wildman–Crippen MR) is 73.3 cm³/mol. The fourth-order valence-corrected chi connectivity index (χ4v) is 2.69. The highest BCUT2D eigenvalue weighted by Gasteiger charge is 2.19. The molecule has 1 aliphatic heterocycles. The lowest BCUT2D eigenvalue weighted by molar-refractivity contribution is 0.537. The highest BCUT2D eigenvalue weighted by atomic mass is 32.2. The Hall–Kier alpha value is -1.47. The quantitative estimate of drug-likeness (QED) is 0.827. The van der Waals surface area contributed by atoms with Gasteiger partial charge in [0, 0.05) is 11.4 Å². The van der Waals surface area contributed by atoms with E-state index in [-0.39, 0.29) is 0 Å². The Labute approximate surface area is 106 Å². The third-order valence-electron chi connectivity index (χ3n) is 2.87. The fourth-order valence-electron chi connectivity index (χ4n) is 1.56. The fraction of sp³-hybridized carbons (Fsp3) is 0.385. The molecule has 1 aromatic carbocycles. The van der Waals surface area contributed by atoms with Crippen LogP contribution in [0.2, 0.25) is 0 Å². The maximum atomic E-state index is 8.83. The lowest BCUT2D eigenvalue weighted by atomic mass is 10.1. The smallest absolute Gasteiger partial charge is 0.161 e. The second-order valence-corrected chi connectivity index (χ2v) is 5.29. The summed E-state index contributed by atoms with van der Waals surface area (Å²) >= 11 is 1.74. The van der Waals surface area contributed by atoms with Crippen LogP contribution >= 0.6 is 11.8 Å². The summed E-state index contributed by atoms with van der Waals surface area (Å²) in [5.74, 6) is 1.71. The van der Waals surface area contributed by atoms with Gasteiger partial charge in [0.05, 0.1) is 17.7 Å². The van der Waals surface area contributed by atoms with Gasteiger partial charge in [0.25, 0.3) is 0 Å². The third-order valence-corrected chi connectivity index (χ3v) is 4.04. The first kappa shape index (κ1) is 12.0. The van der Waals surface area contributed by atoms with Gasteiger partial charge in [-0.1, -0.05) is 24.8 Å². The summed E-state index contributed by atoms with van der Waals surface area (Å²) in [7, 11) is 0. The number of nitrogens with one attached hydrogen (secondary N) is 1. The van der Waals surface area contributed by atoms with Crippen molar-refractivity contribution in [3.8, 4) is 6.07 Å². The number of aliphatic imine (C=N–C) groups is 1. The molecule has 0 amide bonds. The van der Waals surface area contributed by atoms with Gasteiger partial charge in [-0.3, -0.25) is 4.99 Å². The van der Waals surface area contributed by atoms with Crippen LogP contribution in [0.1, 0.15) is 19.4 Å². The van der Waals surface area contributed by atoms with E-state index in [9.17, 15) is 0 Å². The summed E-state index contributed by atoms with van der Waals surface area (Å²) in [6.07, 6.45) is 0. The average Bonchev–Trinajstić information content (AvgIpc) is 2.34. The number of nitrogens with zero attached hydrogens (tertiary/aromatic N) is 2. The van der Waals surface area contributed by atoms with Crippen molar-refractivity contribution >= 4 is 22.6 Å². The van der Waals surface area contributed by atoms with Crippen LogP contribution in [-0.4, -0.2) is 17.0 Å². The van der Waals surface area contributed by atoms with E-state index in [1.807, 2.05) is 18.2 Å². The third kappa shape index (κ3) is 3.01. The predicted octanol–water partition coefficient (Wildman–Crippen LogP) is 3.10. The minimum Gasteiger partial charge on any atom is -0.335 e. The zero-order valence-corrected chi connectivity index (χ0v) is 10.8. The summed E-state index contributed by atoms with van der Waals surface area (Å²) in [5.41, 5.74) is 1.59. The molecular formula is C13H15N3S. The normalized spacial score (nSPS) is 23.7. The maximum absolute atomic E-state index is 8.83. The highest BCUT2D eigenvalue weighted by molar-refractivity contribution is 8.14. The topological polar surface area (TPSA) is 48.2 Å². The number of thioether (sulfide) groups is 1. The summed E-state index contributed by atoms with van der Waals surface area (Å²) in [6, 6.07) is 9.96. The molecule has 0 saturated heterocycles. The molecule has 1 aromatic rings. The van der Waals surface area contributed by atoms with Crippen molar-refractivity contribution in [2.45, 2.75) is 19.9 Å². The molecular weight excluding hydrogens is 230 g/mol. The van der Waals surface area contributed by atoms with Crippen molar-refractivity contribution < 1.29 is 0 Å². The van der Waals surface area contributed by atoms with E-state index in [2.05, 4.69) is 30.2 Å². The van der Waals surface area contributed by atoms with Crippen LogP contribution in [0.15, 0.2) is 29.3 Å². The van der Waals surface area contributed by atoms with E-state index in [4.69, 9.17) is 5.26 Å². The number of rotatable bonds is 1. The number of hydrogen-bond acceptors (Lipinski definition) is 4. The first-order valence-corrected chi connectivity index (χ1v) is 6.65. The molecule has 0 saturated carbocycles. The Morgan fingerprint density at radius 3 is 3.00 bits per heavy atom. The van der Waals surface area contributed by atoms with Crippen molar-refractivity contribution in [3.05, 3.63) is 29.8 Å². The van der Waals surface area contributed by atoms with Crippen LogP contribution in [0.3, 0.4) is 0 Å². The largest absolute Gasteiger partial charge is 0.335 e. The number of anilines is 1. The van der Waals surface area contributed by atoms with Crippen molar-refractivity contribution in [1.29, 1.82) is 5.26 Å². The Bertz CT molecular complexity index is 476. The number of hydrogen-bond donors (Lipinski definition) is 1. The second-order valence-electron chi connectivity index (χ2n) is 4.28. The summed E-state index contributed by atoms with van der Waals surface area (Å²) < 4.78 is 0. The monoisotopic (exact) mass is 245 g/mol. The van der Waals surface area contributed by atoms with Gasteiger partial charge in [-0.2, -0.15) is 5.26 Å². The molecule has 0 bridgehead atoms. The van der Waals surface area contributed by atoms with Gasteiger partial charge in [-0.15, -0.1) is 0 Å². The summed E-state index contributed by atoms with van der Waals surface area (Å²) in [5, 5.41) is 13.0. The Balaban J connectivity index is 2.11. The van der Waals surface area contributed by atoms with Gasteiger partial charge in [0.15, 0.2) is 5.17 Å². The first-order valence-electron chi connectivity index (χ1n) is 5.67. The number of nitriles is 1. The minimum absolute atomic E-state index is 0.359. The van der Waals surface area contributed by atoms with Crippen molar-refractivity contribution in [2.75, 3.05) is 11.1 Å². The summed E-state index contributed by atoms with van der Waals surface area (Å²) in [6.45, 7) is 4.35. The van der Waals surface area contributed by atoms with E-state index in [0.717, 1.165) is 16.6 Å². The second kappa shape index (κ2) is 5.24. The Morgan fingerprint density at radius 2 is 2.29 bits per heavy atom. The Morgan fingerprint density at radius 1 is 1.47 bits per heavy atom. The molecule has 0 spiro atoms. The zero-order valence-electron chi connectivity index (χ0n) is 9.97. The maximum Gasteiger partial charge on any atom is 0.161 e. The SMILES string of the molecule is CC1CSC(Nc2cccc(C#N)c2)=NC1C. The lowest BCUT2D eigenvalue weighted by Gasteiger charge is -2.23. The van der Waals surface area contributed by atoms with Crippen LogP contribution < -0.4 is 5.32 Å². The molecule has 1 N–H and O–H groups in total. The summed E-state index contributed by atoms with van der Waals surface area (Å²) in [4.78, 5) is 4.60. The van der Waals surface area contributed by atoms with Crippen molar-refractivity contribution in [1.82, 2.24) is 0 Å². The van der Waals surface area contributed by atoms with Gasteiger partial charge < -0.3 is 5.32 Å². The molecule has 17 heavy (non-hydrogen) atoms. The minimum atomic E-state index is 0.359. The highest BCUT2D eigenvalue weighted by Crippen LogP contribution is 2.24. The molecule has 4 heteroatoms.